The number of benzene rings is 1. The molecule has 0 aliphatic carbocycles. The van der Waals surface area contributed by atoms with Gasteiger partial charge in [0.05, 0.1) is 0 Å². The van der Waals surface area contributed by atoms with E-state index in [0.717, 1.165) is 19.6 Å². The van der Waals surface area contributed by atoms with Gasteiger partial charge in [-0.05, 0) is 37.7 Å². The van der Waals surface area contributed by atoms with Gasteiger partial charge in [0.1, 0.15) is 5.82 Å². The average molecular weight is 245 g/mol. The van der Waals surface area contributed by atoms with E-state index in [-0.39, 0.29) is 18.2 Å². The van der Waals surface area contributed by atoms with Crippen molar-refractivity contribution in [3.8, 4) is 0 Å². The minimum absolute atomic E-state index is 0. The van der Waals surface area contributed by atoms with Gasteiger partial charge in [-0.3, -0.25) is 4.90 Å². The van der Waals surface area contributed by atoms with E-state index in [4.69, 9.17) is 0 Å². The quantitative estimate of drug-likeness (QED) is 0.876. The SMILES string of the molecule is CN(Cc1ccc(F)cc1)C1CCNC1.Cl. The Labute approximate surface area is 102 Å². The monoisotopic (exact) mass is 244 g/mol. The first-order valence-corrected chi connectivity index (χ1v) is 5.41. The van der Waals surface area contributed by atoms with Crippen LogP contribution in [-0.2, 0) is 6.54 Å². The molecular formula is C12H18ClFN2. The van der Waals surface area contributed by atoms with Gasteiger partial charge in [0.15, 0.2) is 0 Å². The Hall–Kier alpha value is -0.640. The van der Waals surface area contributed by atoms with E-state index in [1.54, 1.807) is 0 Å². The molecule has 4 heteroatoms. The zero-order valence-corrected chi connectivity index (χ0v) is 10.3. The molecule has 1 aromatic rings. The van der Waals surface area contributed by atoms with Crippen molar-refractivity contribution in [1.82, 2.24) is 10.2 Å². The van der Waals surface area contributed by atoms with E-state index in [1.807, 2.05) is 12.1 Å². The van der Waals surface area contributed by atoms with Crippen LogP contribution in [0.5, 0.6) is 0 Å². The molecule has 1 aromatic carbocycles. The minimum Gasteiger partial charge on any atom is -0.315 e. The highest BCUT2D eigenvalue weighted by atomic mass is 35.5. The molecule has 16 heavy (non-hydrogen) atoms. The van der Waals surface area contributed by atoms with Gasteiger partial charge >= 0.3 is 0 Å². The van der Waals surface area contributed by atoms with Gasteiger partial charge < -0.3 is 5.32 Å². The van der Waals surface area contributed by atoms with Gasteiger partial charge in [-0.15, -0.1) is 12.4 Å². The summed E-state index contributed by atoms with van der Waals surface area (Å²) in [6.07, 6.45) is 1.21. The van der Waals surface area contributed by atoms with Crippen LogP contribution in [-0.4, -0.2) is 31.1 Å². The van der Waals surface area contributed by atoms with Crippen LogP contribution in [0.1, 0.15) is 12.0 Å². The molecule has 90 valence electrons. The molecule has 1 aliphatic rings. The van der Waals surface area contributed by atoms with E-state index in [1.165, 1.54) is 24.1 Å². The lowest BCUT2D eigenvalue weighted by Crippen LogP contribution is -2.32. The number of likely N-dealkylation sites (N-methyl/N-ethyl adjacent to an activating group) is 1. The Bertz CT molecular complexity index is 309. The molecule has 1 fully saturated rings. The van der Waals surface area contributed by atoms with E-state index in [2.05, 4.69) is 17.3 Å². The van der Waals surface area contributed by atoms with Crippen molar-refractivity contribution in [2.75, 3.05) is 20.1 Å². The maximum Gasteiger partial charge on any atom is 0.123 e. The number of hydrogen-bond donors (Lipinski definition) is 1. The second-order valence-electron chi connectivity index (χ2n) is 4.19. The number of halogens is 2. The second-order valence-corrected chi connectivity index (χ2v) is 4.19. The fourth-order valence-corrected chi connectivity index (χ4v) is 2.02. The molecule has 1 aliphatic heterocycles. The molecule has 2 nitrogen and oxygen atoms in total. The Morgan fingerprint density at radius 1 is 1.38 bits per heavy atom. The summed E-state index contributed by atoms with van der Waals surface area (Å²) in [5.41, 5.74) is 1.17. The first-order valence-electron chi connectivity index (χ1n) is 5.41. The van der Waals surface area contributed by atoms with Crippen LogP contribution in [0.4, 0.5) is 4.39 Å². The largest absolute Gasteiger partial charge is 0.315 e. The molecule has 0 aromatic heterocycles. The molecule has 1 heterocycles. The van der Waals surface area contributed by atoms with Gasteiger partial charge in [-0.1, -0.05) is 12.1 Å². The molecule has 0 radical (unpaired) electrons. The molecule has 1 atom stereocenters. The topological polar surface area (TPSA) is 15.3 Å². The summed E-state index contributed by atoms with van der Waals surface area (Å²) in [4.78, 5) is 2.33. The summed E-state index contributed by atoms with van der Waals surface area (Å²) < 4.78 is 12.7. The molecule has 1 unspecified atom stereocenters. The van der Waals surface area contributed by atoms with Gasteiger partial charge in [-0.2, -0.15) is 0 Å². The van der Waals surface area contributed by atoms with Crippen molar-refractivity contribution in [2.24, 2.45) is 0 Å². The van der Waals surface area contributed by atoms with Crippen molar-refractivity contribution >= 4 is 12.4 Å². The number of rotatable bonds is 3. The van der Waals surface area contributed by atoms with E-state index < -0.39 is 0 Å². The first kappa shape index (κ1) is 13.4. The predicted molar refractivity (Wildman–Crippen MR) is 66.4 cm³/mol. The van der Waals surface area contributed by atoms with Crippen LogP contribution in [0, 0.1) is 5.82 Å². The molecule has 0 spiro atoms. The molecule has 2 rings (SSSR count). The third kappa shape index (κ3) is 3.44. The Kier molecular flexibility index (Phi) is 5.19. The molecule has 0 amide bonds. The van der Waals surface area contributed by atoms with Crippen molar-refractivity contribution in [3.05, 3.63) is 35.6 Å². The summed E-state index contributed by atoms with van der Waals surface area (Å²) in [5, 5.41) is 3.35. The maximum absolute atomic E-state index is 12.7. The van der Waals surface area contributed by atoms with E-state index in [0.29, 0.717) is 6.04 Å². The fourth-order valence-electron chi connectivity index (χ4n) is 2.02. The van der Waals surface area contributed by atoms with E-state index >= 15 is 0 Å². The van der Waals surface area contributed by atoms with Crippen LogP contribution < -0.4 is 5.32 Å². The third-order valence-electron chi connectivity index (χ3n) is 3.00. The summed E-state index contributed by atoms with van der Waals surface area (Å²) in [5.74, 6) is -0.163. The number of nitrogens with zero attached hydrogens (tertiary/aromatic N) is 1. The zero-order valence-electron chi connectivity index (χ0n) is 9.45. The third-order valence-corrected chi connectivity index (χ3v) is 3.00. The Balaban J connectivity index is 0.00000128. The highest BCUT2D eigenvalue weighted by Crippen LogP contribution is 2.11. The Morgan fingerprint density at radius 2 is 2.06 bits per heavy atom. The highest BCUT2D eigenvalue weighted by Gasteiger charge is 2.18. The fraction of sp³-hybridized carbons (Fsp3) is 0.500. The maximum atomic E-state index is 12.7. The molecule has 0 bridgehead atoms. The van der Waals surface area contributed by atoms with Crippen LogP contribution in [0.2, 0.25) is 0 Å². The average Bonchev–Trinajstić information content (AvgIpc) is 2.74. The summed E-state index contributed by atoms with van der Waals surface area (Å²) >= 11 is 0. The van der Waals surface area contributed by atoms with Gasteiger partial charge in [-0.25, -0.2) is 4.39 Å². The van der Waals surface area contributed by atoms with Crippen molar-refractivity contribution in [3.63, 3.8) is 0 Å². The van der Waals surface area contributed by atoms with E-state index in [9.17, 15) is 4.39 Å². The molecular weight excluding hydrogens is 227 g/mol. The van der Waals surface area contributed by atoms with Crippen molar-refractivity contribution in [2.45, 2.75) is 19.0 Å². The standard InChI is InChI=1S/C12H17FN2.ClH/c1-15(12-6-7-14-8-12)9-10-2-4-11(13)5-3-10;/h2-5,12,14H,6-9H2,1H3;1H. The lowest BCUT2D eigenvalue weighted by Gasteiger charge is -2.23. The lowest BCUT2D eigenvalue weighted by atomic mass is 10.1. The van der Waals surface area contributed by atoms with Crippen LogP contribution in [0.25, 0.3) is 0 Å². The van der Waals surface area contributed by atoms with Crippen molar-refractivity contribution < 1.29 is 4.39 Å². The summed E-state index contributed by atoms with van der Waals surface area (Å²) in [6.45, 7) is 3.07. The Morgan fingerprint density at radius 3 is 2.62 bits per heavy atom. The summed E-state index contributed by atoms with van der Waals surface area (Å²) in [6, 6.07) is 7.38. The van der Waals surface area contributed by atoms with Crippen molar-refractivity contribution in [1.29, 1.82) is 0 Å². The highest BCUT2D eigenvalue weighted by molar-refractivity contribution is 5.85. The summed E-state index contributed by atoms with van der Waals surface area (Å²) in [7, 11) is 2.13. The molecule has 1 saturated heterocycles. The number of hydrogen-bond acceptors (Lipinski definition) is 2. The second kappa shape index (κ2) is 6.18. The predicted octanol–water partition coefficient (Wildman–Crippen LogP) is 2.04. The smallest absolute Gasteiger partial charge is 0.123 e. The van der Waals surface area contributed by atoms with Gasteiger partial charge in [0, 0.05) is 19.1 Å². The number of nitrogens with one attached hydrogen (secondary N) is 1. The van der Waals surface area contributed by atoms with Gasteiger partial charge in [0.25, 0.3) is 0 Å². The van der Waals surface area contributed by atoms with Crippen LogP contribution in [0.15, 0.2) is 24.3 Å². The minimum atomic E-state index is -0.163. The van der Waals surface area contributed by atoms with Crippen LogP contribution >= 0.6 is 12.4 Å². The first-order chi connectivity index (χ1) is 7.25. The molecule has 1 N–H and O–H groups in total. The normalized spacial score (nSPS) is 19.8. The molecule has 0 saturated carbocycles. The van der Waals surface area contributed by atoms with Gasteiger partial charge in [0.2, 0.25) is 0 Å². The van der Waals surface area contributed by atoms with Crippen LogP contribution in [0.3, 0.4) is 0 Å². The zero-order chi connectivity index (χ0) is 10.7. The lowest BCUT2D eigenvalue weighted by molar-refractivity contribution is 0.249.